The van der Waals surface area contributed by atoms with E-state index in [0.29, 0.717) is 43.7 Å². The van der Waals surface area contributed by atoms with Crippen molar-refractivity contribution in [2.24, 2.45) is 9.50 Å². The molecule has 1 aliphatic heterocycles. The van der Waals surface area contributed by atoms with Crippen LogP contribution in [0.3, 0.4) is 0 Å². The van der Waals surface area contributed by atoms with Gasteiger partial charge >= 0.3 is 6.03 Å². The SMILES string of the molecule is CN[C@@H]1COc2c([S@](N)(=O)=NC(=O)Nc3c4c(cc5c3[C@H](C(F)F)CC5)CCC4)cnn2C1. The zero-order chi connectivity index (χ0) is 23.3. The standard InChI is InChI=1S/C21H26F2N6O3S/c1-25-13-9-29-20(32-10-13)16(8-26-29)33(24,31)28-21(30)27-18-14-4-2-3-11(14)7-12-5-6-15(17(12)18)19(22)23/h7-8,13,15,19,25H,2-6,9-10H2,1H3,(H3,24,27,28,30,31)/t13-,15+,33+/m0/s1. The highest BCUT2D eigenvalue weighted by atomic mass is 32.2. The maximum absolute atomic E-state index is 13.7. The van der Waals surface area contributed by atoms with E-state index in [-0.39, 0.29) is 16.8 Å². The number of aryl methyl sites for hydroxylation is 2. The molecule has 12 heteroatoms. The molecule has 178 valence electrons. The molecule has 0 fully saturated rings. The zero-order valence-electron chi connectivity index (χ0n) is 18.1. The quantitative estimate of drug-likeness (QED) is 0.621. The molecule has 0 saturated carbocycles. The van der Waals surface area contributed by atoms with E-state index in [1.165, 1.54) is 10.9 Å². The maximum Gasteiger partial charge on any atom is 0.354 e. The first-order chi connectivity index (χ1) is 15.8. The number of nitrogens with one attached hydrogen (secondary N) is 2. The van der Waals surface area contributed by atoms with Crippen LogP contribution in [0.1, 0.15) is 41.0 Å². The Hall–Kier alpha value is -2.57. The van der Waals surface area contributed by atoms with Gasteiger partial charge in [-0.1, -0.05) is 6.07 Å². The highest BCUT2D eigenvalue weighted by molar-refractivity contribution is 7.91. The van der Waals surface area contributed by atoms with Gasteiger partial charge in [0.1, 0.15) is 11.5 Å². The first-order valence-electron chi connectivity index (χ1n) is 11.0. The lowest BCUT2D eigenvalue weighted by atomic mass is 9.94. The molecular formula is C21H26F2N6O3S. The van der Waals surface area contributed by atoms with Gasteiger partial charge in [0.15, 0.2) is 9.92 Å². The Balaban J connectivity index is 1.48. The lowest BCUT2D eigenvalue weighted by Crippen LogP contribution is -2.40. The van der Waals surface area contributed by atoms with Crippen LogP contribution in [0.5, 0.6) is 5.88 Å². The van der Waals surface area contributed by atoms with Crippen molar-refractivity contribution in [1.29, 1.82) is 0 Å². The molecule has 9 nitrogen and oxygen atoms in total. The molecule has 2 aromatic rings. The van der Waals surface area contributed by atoms with Crippen LogP contribution in [0.25, 0.3) is 0 Å². The van der Waals surface area contributed by atoms with Gasteiger partial charge in [0.2, 0.25) is 12.3 Å². The van der Waals surface area contributed by atoms with Gasteiger partial charge in [-0.25, -0.2) is 27.6 Å². The van der Waals surface area contributed by atoms with E-state index in [1.807, 2.05) is 6.07 Å². The second-order valence-corrected chi connectivity index (χ2v) is 10.4. The van der Waals surface area contributed by atoms with Gasteiger partial charge < -0.3 is 15.4 Å². The predicted octanol–water partition coefficient (Wildman–Crippen LogP) is 2.58. The van der Waals surface area contributed by atoms with Gasteiger partial charge in [-0.15, -0.1) is 4.36 Å². The largest absolute Gasteiger partial charge is 0.475 e. The Morgan fingerprint density at radius 2 is 2.18 bits per heavy atom. The number of anilines is 1. The van der Waals surface area contributed by atoms with Gasteiger partial charge in [-0.05, 0) is 61.4 Å². The fraction of sp³-hybridized carbons (Fsp3) is 0.524. The molecule has 4 N–H and O–H groups in total. The van der Waals surface area contributed by atoms with Crippen LogP contribution in [0.2, 0.25) is 0 Å². The number of carbonyl (C=O) groups is 1. The summed E-state index contributed by atoms with van der Waals surface area (Å²) in [5.41, 5.74) is 3.62. The highest BCUT2D eigenvalue weighted by Crippen LogP contribution is 2.46. The summed E-state index contributed by atoms with van der Waals surface area (Å²) < 4.78 is 51.6. The van der Waals surface area contributed by atoms with E-state index >= 15 is 0 Å². The van der Waals surface area contributed by atoms with Crippen molar-refractivity contribution >= 4 is 21.6 Å². The van der Waals surface area contributed by atoms with Crippen LogP contribution in [0.15, 0.2) is 21.5 Å². The Labute approximate surface area is 190 Å². The lowest BCUT2D eigenvalue weighted by Gasteiger charge is -2.24. The number of nitrogens with zero attached hydrogens (tertiary/aromatic N) is 3. The van der Waals surface area contributed by atoms with Crippen molar-refractivity contribution in [2.75, 3.05) is 19.0 Å². The van der Waals surface area contributed by atoms with Crippen molar-refractivity contribution in [3.63, 3.8) is 0 Å². The Bertz CT molecular complexity index is 1240. The van der Waals surface area contributed by atoms with E-state index in [1.54, 1.807) is 7.05 Å². The van der Waals surface area contributed by atoms with Gasteiger partial charge in [-0.2, -0.15) is 5.10 Å². The minimum atomic E-state index is -3.67. The number of rotatable bonds is 4. The number of hydrogen-bond acceptors (Lipinski definition) is 5. The van der Waals surface area contributed by atoms with E-state index in [2.05, 4.69) is 20.1 Å². The number of benzene rings is 1. The van der Waals surface area contributed by atoms with E-state index in [4.69, 9.17) is 9.88 Å². The summed E-state index contributed by atoms with van der Waals surface area (Å²) in [6.45, 7) is 0.819. The summed E-state index contributed by atoms with van der Waals surface area (Å²) in [6, 6.07) is 1.09. The second-order valence-electron chi connectivity index (χ2n) is 8.68. The molecule has 0 saturated heterocycles. The van der Waals surface area contributed by atoms with Crippen molar-refractivity contribution in [3.8, 4) is 5.88 Å². The van der Waals surface area contributed by atoms with Gasteiger partial charge in [-0.3, -0.25) is 0 Å². The summed E-state index contributed by atoms with van der Waals surface area (Å²) in [6.07, 6.45) is 2.04. The molecule has 0 spiro atoms. The molecule has 2 aliphatic carbocycles. The van der Waals surface area contributed by atoms with Crippen LogP contribution in [-0.4, -0.2) is 46.1 Å². The third-order valence-corrected chi connectivity index (χ3v) is 8.02. The fourth-order valence-electron chi connectivity index (χ4n) is 5.05. The molecule has 0 radical (unpaired) electrons. The first kappa shape index (κ1) is 22.2. The molecule has 33 heavy (non-hydrogen) atoms. The summed E-state index contributed by atoms with van der Waals surface area (Å²) in [5.74, 6) is -0.732. The Morgan fingerprint density at radius 3 is 2.94 bits per heavy atom. The minimum Gasteiger partial charge on any atom is -0.475 e. The summed E-state index contributed by atoms with van der Waals surface area (Å²) in [5, 5.41) is 15.9. The first-order valence-corrected chi connectivity index (χ1v) is 12.5. The molecule has 1 aromatic carbocycles. The van der Waals surface area contributed by atoms with Gasteiger partial charge in [0.05, 0.1) is 18.8 Å². The molecular weight excluding hydrogens is 454 g/mol. The van der Waals surface area contributed by atoms with Crippen molar-refractivity contribution in [2.45, 2.75) is 61.9 Å². The van der Waals surface area contributed by atoms with E-state index < -0.39 is 28.3 Å². The number of carbonyl (C=O) groups excluding carboxylic acids is 1. The van der Waals surface area contributed by atoms with Gasteiger partial charge in [0.25, 0.3) is 0 Å². The Kier molecular flexibility index (Phi) is 5.61. The van der Waals surface area contributed by atoms with Crippen LogP contribution < -0.4 is 20.5 Å². The number of urea groups is 1. The summed E-state index contributed by atoms with van der Waals surface area (Å²) in [7, 11) is -1.88. The average molecular weight is 481 g/mol. The number of alkyl halides is 2. The smallest absolute Gasteiger partial charge is 0.354 e. The lowest BCUT2D eigenvalue weighted by molar-refractivity contribution is 0.114. The number of ether oxygens (including phenoxy) is 1. The molecule has 0 bridgehead atoms. The highest BCUT2D eigenvalue weighted by Gasteiger charge is 2.36. The van der Waals surface area contributed by atoms with Crippen molar-refractivity contribution in [3.05, 3.63) is 34.5 Å². The molecule has 2 heterocycles. The van der Waals surface area contributed by atoms with Crippen molar-refractivity contribution in [1.82, 2.24) is 15.1 Å². The van der Waals surface area contributed by atoms with Crippen molar-refractivity contribution < 1.29 is 22.5 Å². The number of aromatic nitrogens is 2. The summed E-state index contributed by atoms with van der Waals surface area (Å²) in [4.78, 5) is 12.9. The molecule has 5 rings (SSSR count). The number of amides is 2. The Morgan fingerprint density at radius 1 is 1.36 bits per heavy atom. The number of fused-ring (bicyclic) bond motifs is 3. The fourth-order valence-corrected chi connectivity index (χ4v) is 6.06. The normalized spacial score (nSPS) is 22.8. The van der Waals surface area contributed by atoms with Crippen LogP contribution >= 0.6 is 0 Å². The molecule has 2 amide bonds. The van der Waals surface area contributed by atoms with Crippen LogP contribution in [-0.2, 0) is 35.7 Å². The van der Waals surface area contributed by atoms with E-state index in [0.717, 1.165) is 29.5 Å². The molecule has 0 unspecified atom stereocenters. The minimum absolute atomic E-state index is 0.0289. The maximum atomic E-state index is 13.7. The predicted molar refractivity (Wildman–Crippen MR) is 118 cm³/mol. The average Bonchev–Trinajstić information content (AvgIpc) is 3.50. The monoisotopic (exact) mass is 480 g/mol. The third kappa shape index (κ3) is 3.89. The summed E-state index contributed by atoms with van der Waals surface area (Å²) >= 11 is 0. The number of hydrogen-bond donors (Lipinski definition) is 3. The number of halogens is 2. The van der Waals surface area contributed by atoms with E-state index in [9.17, 15) is 17.8 Å². The topological polar surface area (TPSA) is 124 Å². The third-order valence-electron chi connectivity index (χ3n) is 6.67. The van der Waals surface area contributed by atoms with Crippen LogP contribution in [0, 0.1) is 0 Å². The number of nitrogens with two attached hydrogens (primary N) is 1. The van der Waals surface area contributed by atoms with Gasteiger partial charge in [0, 0.05) is 11.6 Å². The molecule has 1 aromatic heterocycles. The number of likely N-dealkylation sites (N-methyl/N-ethyl adjacent to an activating group) is 1. The molecule has 3 atom stereocenters. The second kappa shape index (κ2) is 8.33. The molecule has 3 aliphatic rings. The van der Waals surface area contributed by atoms with Crippen LogP contribution in [0.4, 0.5) is 19.3 Å². The zero-order valence-corrected chi connectivity index (χ0v) is 19.0.